The number of urea groups is 1. The van der Waals surface area contributed by atoms with Crippen molar-refractivity contribution in [1.82, 2.24) is 25.4 Å². The highest BCUT2D eigenvalue weighted by molar-refractivity contribution is 5.74. The fourth-order valence-electron chi connectivity index (χ4n) is 3.15. The van der Waals surface area contributed by atoms with Crippen LogP contribution >= 0.6 is 0 Å². The van der Waals surface area contributed by atoms with Crippen LogP contribution in [0.15, 0.2) is 42.9 Å². The number of pyridine rings is 1. The van der Waals surface area contributed by atoms with E-state index in [1.54, 1.807) is 12.4 Å². The molecule has 1 aliphatic carbocycles. The number of hydrogen-bond donors (Lipinski definition) is 3. The Kier molecular flexibility index (Phi) is 6.25. The zero-order chi connectivity index (χ0) is 17.3. The van der Waals surface area contributed by atoms with Crippen molar-refractivity contribution in [3.05, 3.63) is 42.9 Å². The van der Waals surface area contributed by atoms with Gasteiger partial charge in [-0.3, -0.25) is 4.68 Å². The van der Waals surface area contributed by atoms with Crippen LogP contribution < -0.4 is 16.0 Å². The first-order valence-electron chi connectivity index (χ1n) is 8.99. The van der Waals surface area contributed by atoms with Crippen molar-refractivity contribution in [1.29, 1.82) is 0 Å². The van der Waals surface area contributed by atoms with Gasteiger partial charge < -0.3 is 16.0 Å². The van der Waals surface area contributed by atoms with E-state index < -0.39 is 0 Å². The van der Waals surface area contributed by atoms with E-state index >= 15 is 0 Å². The van der Waals surface area contributed by atoms with Crippen LogP contribution in [0.3, 0.4) is 0 Å². The van der Waals surface area contributed by atoms with Crippen molar-refractivity contribution in [3.8, 4) is 0 Å². The van der Waals surface area contributed by atoms with Gasteiger partial charge >= 0.3 is 6.03 Å². The van der Waals surface area contributed by atoms with Crippen LogP contribution in [0.4, 0.5) is 10.6 Å². The molecule has 1 aliphatic rings. The van der Waals surface area contributed by atoms with Crippen LogP contribution in [0.5, 0.6) is 0 Å². The van der Waals surface area contributed by atoms with Gasteiger partial charge in [0, 0.05) is 43.8 Å². The Morgan fingerprint density at radius 3 is 2.68 bits per heavy atom. The Bertz CT molecular complexity index is 622. The molecule has 2 heterocycles. The number of nitrogens with zero attached hydrogens (tertiary/aromatic N) is 3. The average molecular weight is 342 g/mol. The number of carbonyl (C=O) groups excluding carboxylic acids is 1. The number of anilines is 1. The van der Waals surface area contributed by atoms with Crippen molar-refractivity contribution in [2.75, 3.05) is 11.9 Å². The SMILES string of the molecule is O=C(NCCCn1cccn1)NC1CCC(Nc2ccccn2)CC1. The predicted molar refractivity (Wildman–Crippen MR) is 97.3 cm³/mol. The second kappa shape index (κ2) is 9.05. The Morgan fingerprint density at radius 1 is 1.12 bits per heavy atom. The molecule has 1 fully saturated rings. The largest absolute Gasteiger partial charge is 0.367 e. The maximum Gasteiger partial charge on any atom is 0.315 e. The Hall–Kier alpha value is -2.57. The van der Waals surface area contributed by atoms with Crippen LogP contribution in [0, 0.1) is 0 Å². The molecule has 0 spiro atoms. The minimum atomic E-state index is -0.0680. The summed E-state index contributed by atoms with van der Waals surface area (Å²) < 4.78 is 1.87. The van der Waals surface area contributed by atoms with Gasteiger partial charge in [0.15, 0.2) is 0 Å². The Labute approximate surface area is 148 Å². The summed E-state index contributed by atoms with van der Waals surface area (Å²) in [6.45, 7) is 1.47. The standard InChI is InChI=1S/C18H26N6O/c25-18(20-11-3-13-24-14-4-12-21-24)23-16-8-6-15(7-9-16)22-17-5-1-2-10-19-17/h1-2,4-5,10,12,14-16H,3,6-9,11,13H2,(H,19,22)(H2,20,23,25). The number of amides is 2. The normalized spacial score (nSPS) is 20.0. The third-order valence-electron chi connectivity index (χ3n) is 4.49. The topological polar surface area (TPSA) is 83.9 Å². The van der Waals surface area contributed by atoms with E-state index in [1.165, 1.54) is 0 Å². The minimum Gasteiger partial charge on any atom is -0.367 e. The van der Waals surface area contributed by atoms with E-state index in [9.17, 15) is 4.79 Å². The number of rotatable bonds is 7. The van der Waals surface area contributed by atoms with Gasteiger partial charge in [-0.1, -0.05) is 6.07 Å². The maximum absolute atomic E-state index is 12.0. The van der Waals surface area contributed by atoms with Crippen molar-refractivity contribution in [2.24, 2.45) is 0 Å². The molecule has 25 heavy (non-hydrogen) atoms. The predicted octanol–water partition coefficient (Wildman–Crippen LogP) is 2.39. The molecule has 2 aromatic rings. The molecule has 0 atom stereocenters. The molecular formula is C18H26N6O. The quantitative estimate of drug-likeness (QED) is 0.675. The van der Waals surface area contributed by atoms with Crippen LogP contribution in [0.25, 0.3) is 0 Å². The summed E-state index contributed by atoms with van der Waals surface area (Å²) in [6, 6.07) is 8.42. The summed E-state index contributed by atoms with van der Waals surface area (Å²) in [5, 5.41) is 13.6. The molecule has 0 saturated heterocycles. The van der Waals surface area contributed by atoms with Gasteiger partial charge in [-0.2, -0.15) is 5.10 Å². The molecule has 0 aliphatic heterocycles. The van der Waals surface area contributed by atoms with Gasteiger partial charge in [0.1, 0.15) is 5.82 Å². The summed E-state index contributed by atoms with van der Waals surface area (Å²) in [7, 11) is 0. The lowest BCUT2D eigenvalue weighted by Gasteiger charge is -2.30. The molecule has 2 aromatic heterocycles. The van der Waals surface area contributed by atoms with Crippen molar-refractivity contribution in [3.63, 3.8) is 0 Å². The number of carbonyl (C=O) groups is 1. The van der Waals surface area contributed by atoms with E-state index in [-0.39, 0.29) is 12.1 Å². The zero-order valence-electron chi connectivity index (χ0n) is 14.4. The summed E-state index contributed by atoms with van der Waals surface area (Å²) in [5.74, 6) is 0.925. The zero-order valence-corrected chi connectivity index (χ0v) is 14.4. The van der Waals surface area contributed by atoms with Gasteiger partial charge in [0.05, 0.1) is 0 Å². The van der Waals surface area contributed by atoms with Crippen LogP contribution in [-0.2, 0) is 6.54 Å². The van der Waals surface area contributed by atoms with Crippen LogP contribution in [-0.4, -0.2) is 39.4 Å². The third kappa shape index (κ3) is 5.77. The van der Waals surface area contributed by atoms with E-state index in [1.807, 2.05) is 35.1 Å². The first kappa shape index (κ1) is 17.3. The maximum atomic E-state index is 12.0. The van der Waals surface area contributed by atoms with Crippen molar-refractivity contribution < 1.29 is 4.79 Å². The van der Waals surface area contributed by atoms with E-state index in [2.05, 4.69) is 26.0 Å². The fraction of sp³-hybridized carbons (Fsp3) is 0.500. The molecule has 1 saturated carbocycles. The Morgan fingerprint density at radius 2 is 1.96 bits per heavy atom. The molecule has 0 aromatic carbocycles. The molecule has 0 unspecified atom stereocenters. The second-order valence-corrected chi connectivity index (χ2v) is 6.43. The molecule has 7 nitrogen and oxygen atoms in total. The number of aryl methyl sites for hydroxylation is 1. The third-order valence-corrected chi connectivity index (χ3v) is 4.49. The summed E-state index contributed by atoms with van der Waals surface area (Å²) in [5.41, 5.74) is 0. The lowest BCUT2D eigenvalue weighted by Crippen LogP contribution is -2.45. The van der Waals surface area contributed by atoms with Gasteiger partial charge in [0.25, 0.3) is 0 Å². The molecule has 2 amide bonds. The van der Waals surface area contributed by atoms with E-state index in [4.69, 9.17) is 0 Å². The molecule has 0 radical (unpaired) electrons. The molecule has 134 valence electrons. The summed E-state index contributed by atoms with van der Waals surface area (Å²) in [6.07, 6.45) is 10.4. The van der Waals surface area contributed by atoms with Gasteiger partial charge in [-0.15, -0.1) is 0 Å². The lowest BCUT2D eigenvalue weighted by molar-refractivity contribution is 0.231. The van der Waals surface area contributed by atoms with Gasteiger partial charge in [-0.05, 0) is 50.3 Å². The smallest absolute Gasteiger partial charge is 0.315 e. The van der Waals surface area contributed by atoms with Crippen LogP contribution in [0.2, 0.25) is 0 Å². The van der Waals surface area contributed by atoms with Gasteiger partial charge in [0.2, 0.25) is 0 Å². The second-order valence-electron chi connectivity index (χ2n) is 6.43. The first-order chi connectivity index (χ1) is 12.3. The number of aromatic nitrogens is 3. The molecule has 3 N–H and O–H groups in total. The van der Waals surface area contributed by atoms with Crippen molar-refractivity contribution in [2.45, 2.75) is 50.7 Å². The lowest BCUT2D eigenvalue weighted by atomic mass is 9.91. The molecule has 0 bridgehead atoms. The monoisotopic (exact) mass is 342 g/mol. The average Bonchev–Trinajstić information content (AvgIpc) is 3.15. The molecule has 7 heteroatoms. The van der Waals surface area contributed by atoms with Gasteiger partial charge in [-0.25, -0.2) is 9.78 Å². The number of nitrogens with one attached hydrogen (secondary N) is 3. The highest BCUT2D eigenvalue weighted by Gasteiger charge is 2.22. The van der Waals surface area contributed by atoms with E-state index in [0.29, 0.717) is 12.6 Å². The highest BCUT2D eigenvalue weighted by atomic mass is 16.2. The molecular weight excluding hydrogens is 316 g/mol. The molecule has 3 rings (SSSR count). The minimum absolute atomic E-state index is 0.0680. The first-order valence-corrected chi connectivity index (χ1v) is 8.99. The number of hydrogen-bond acceptors (Lipinski definition) is 4. The summed E-state index contributed by atoms with van der Waals surface area (Å²) >= 11 is 0. The van der Waals surface area contributed by atoms with Crippen LogP contribution in [0.1, 0.15) is 32.1 Å². The fourth-order valence-corrected chi connectivity index (χ4v) is 3.15. The highest BCUT2D eigenvalue weighted by Crippen LogP contribution is 2.21. The summed E-state index contributed by atoms with van der Waals surface area (Å²) in [4.78, 5) is 16.3. The van der Waals surface area contributed by atoms with Crippen molar-refractivity contribution >= 4 is 11.8 Å². The Balaban J connectivity index is 1.28. The van der Waals surface area contributed by atoms with E-state index in [0.717, 1.165) is 44.5 Å².